The second-order valence-corrected chi connectivity index (χ2v) is 8.44. The lowest BCUT2D eigenvalue weighted by Crippen LogP contribution is -2.41. The Bertz CT molecular complexity index is 1090. The number of nitrogens with zero attached hydrogens (tertiary/aromatic N) is 5. The fraction of sp³-hybridized carbons (Fsp3) is 0.545. The summed E-state index contributed by atoms with van der Waals surface area (Å²) in [6.45, 7) is 9.23. The van der Waals surface area contributed by atoms with Crippen LogP contribution in [0.3, 0.4) is 0 Å². The lowest BCUT2D eigenvalue weighted by atomic mass is 9.95. The van der Waals surface area contributed by atoms with E-state index in [0.717, 1.165) is 41.5 Å². The monoisotopic (exact) mass is 410 g/mol. The average molecular weight is 411 g/mol. The SMILES string of the molecule is COCCn1nnnc1C(c1cc2c(C)ccc(C)c2[nH]c1=O)N1CCCC(C)C1. The molecule has 30 heavy (non-hydrogen) atoms. The summed E-state index contributed by atoms with van der Waals surface area (Å²) in [5, 5.41) is 13.5. The molecule has 0 bridgehead atoms. The number of hydrogen-bond acceptors (Lipinski definition) is 6. The maximum atomic E-state index is 13.3. The number of nitrogens with one attached hydrogen (secondary N) is 1. The molecule has 0 spiro atoms. The van der Waals surface area contributed by atoms with E-state index in [0.29, 0.717) is 30.5 Å². The normalized spacial score (nSPS) is 18.7. The van der Waals surface area contributed by atoms with Crippen LogP contribution in [0.5, 0.6) is 0 Å². The van der Waals surface area contributed by atoms with Crippen LogP contribution in [0.2, 0.25) is 0 Å². The minimum absolute atomic E-state index is 0.0827. The predicted octanol–water partition coefficient (Wildman–Crippen LogP) is 2.60. The summed E-state index contributed by atoms with van der Waals surface area (Å²) in [6.07, 6.45) is 2.30. The van der Waals surface area contributed by atoms with Crippen molar-refractivity contribution < 1.29 is 4.74 Å². The molecule has 2 atom stereocenters. The Hall–Kier alpha value is -2.58. The van der Waals surface area contributed by atoms with E-state index in [1.54, 1.807) is 11.8 Å². The first-order valence-corrected chi connectivity index (χ1v) is 10.6. The quantitative estimate of drug-likeness (QED) is 0.672. The first kappa shape index (κ1) is 20.7. The Labute approximate surface area is 176 Å². The van der Waals surface area contributed by atoms with E-state index in [9.17, 15) is 4.79 Å². The van der Waals surface area contributed by atoms with Crippen LogP contribution in [0.15, 0.2) is 23.0 Å². The van der Waals surface area contributed by atoms with Gasteiger partial charge in [-0.3, -0.25) is 9.69 Å². The third kappa shape index (κ3) is 3.89. The number of pyridine rings is 1. The first-order valence-electron chi connectivity index (χ1n) is 10.6. The van der Waals surface area contributed by atoms with Crippen LogP contribution in [0, 0.1) is 19.8 Å². The molecule has 0 saturated carbocycles. The lowest BCUT2D eigenvalue weighted by molar-refractivity contribution is 0.137. The van der Waals surface area contributed by atoms with Crippen molar-refractivity contribution in [2.24, 2.45) is 5.92 Å². The maximum Gasteiger partial charge on any atom is 0.253 e. The van der Waals surface area contributed by atoms with Gasteiger partial charge < -0.3 is 9.72 Å². The summed E-state index contributed by atoms with van der Waals surface area (Å²) in [5.74, 6) is 1.25. The molecule has 0 aliphatic carbocycles. The van der Waals surface area contributed by atoms with Gasteiger partial charge in [-0.2, -0.15) is 0 Å². The molecule has 8 nitrogen and oxygen atoms in total. The number of benzene rings is 1. The average Bonchev–Trinajstić information content (AvgIpc) is 3.18. The highest BCUT2D eigenvalue weighted by molar-refractivity contribution is 5.85. The van der Waals surface area contributed by atoms with Crippen molar-refractivity contribution in [2.45, 2.75) is 46.2 Å². The third-order valence-corrected chi connectivity index (χ3v) is 6.13. The summed E-state index contributed by atoms with van der Waals surface area (Å²) in [6, 6.07) is 5.88. The zero-order chi connectivity index (χ0) is 21.3. The Morgan fingerprint density at radius 2 is 2.10 bits per heavy atom. The summed E-state index contributed by atoms with van der Waals surface area (Å²) >= 11 is 0. The molecule has 160 valence electrons. The van der Waals surface area contributed by atoms with Crippen molar-refractivity contribution in [3.8, 4) is 0 Å². The Balaban J connectivity index is 1.88. The molecule has 8 heteroatoms. The van der Waals surface area contributed by atoms with E-state index < -0.39 is 0 Å². The zero-order valence-corrected chi connectivity index (χ0v) is 18.2. The van der Waals surface area contributed by atoms with Gasteiger partial charge >= 0.3 is 0 Å². The lowest BCUT2D eigenvalue weighted by Gasteiger charge is -2.36. The van der Waals surface area contributed by atoms with Gasteiger partial charge in [-0.1, -0.05) is 19.1 Å². The molecule has 1 aromatic carbocycles. The van der Waals surface area contributed by atoms with Gasteiger partial charge in [-0.25, -0.2) is 4.68 Å². The zero-order valence-electron chi connectivity index (χ0n) is 18.2. The summed E-state index contributed by atoms with van der Waals surface area (Å²) < 4.78 is 6.99. The maximum absolute atomic E-state index is 13.3. The number of methoxy groups -OCH3 is 1. The number of ether oxygens (including phenoxy) is 1. The number of tetrazole rings is 1. The molecule has 1 aliphatic heterocycles. The molecule has 2 unspecified atom stereocenters. The van der Waals surface area contributed by atoms with Gasteiger partial charge in [0.15, 0.2) is 5.82 Å². The van der Waals surface area contributed by atoms with E-state index in [1.165, 1.54) is 6.42 Å². The van der Waals surface area contributed by atoms with Crippen molar-refractivity contribution in [1.29, 1.82) is 0 Å². The van der Waals surface area contributed by atoms with Crippen molar-refractivity contribution in [2.75, 3.05) is 26.8 Å². The van der Waals surface area contributed by atoms with Gasteiger partial charge in [0, 0.05) is 24.6 Å². The van der Waals surface area contributed by atoms with E-state index in [2.05, 4.69) is 45.3 Å². The largest absolute Gasteiger partial charge is 0.383 e. The van der Waals surface area contributed by atoms with Crippen molar-refractivity contribution in [3.63, 3.8) is 0 Å². The van der Waals surface area contributed by atoms with Crippen molar-refractivity contribution in [3.05, 3.63) is 51.1 Å². The van der Waals surface area contributed by atoms with E-state index >= 15 is 0 Å². The van der Waals surface area contributed by atoms with Gasteiger partial charge in [0.25, 0.3) is 5.56 Å². The summed E-state index contributed by atoms with van der Waals surface area (Å²) in [5.41, 5.74) is 3.71. The fourth-order valence-electron chi connectivity index (χ4n) is 4.50. The van der Waals surface area contributed by atoms with Crippen LogP contribution < -0.4 is 5.56 Å². The molecule has 0 radical (unpaired) electrons. The van der Waals surface area contributed by atoms with Crippen LogP contribution in [-0.2, 0) is 11.3 Å². The number of likely N-dealkylation sites (tertiary alicyclic amines) is 1. The molecule has 3 aromatic rings. The number of aromatic nitrogens is 5. The number of aryl methyl sites for hydroxylation is 2. The highest BCUT2D eigenvalue weighted by Gasteiger charge is 2.32. The van der Waals surface area contributed by atoms with Gasteiger partial charge in [0.2, 0.25) is 0 Å². The molecular weight excluding hydrogens is 380 g/mol. The minimum Gasteiger partial charge on any atom is -0.383 e. The molecule has 0 amide bonds. The topological polar surface area (TPSA) is 88.9 Å². The number of fused-ring (bicyclic) bond motifs is 1. The van der Waals surface area contributed by atoms with Gasteiger partial charge in [0.05, 0.1) is 18.7 Å². The molecule has 4 rings (SSSR count). The fourth-order valence-corrected chi connectivity index (χ4v) is 4.50. The van der Waals surface area contributed by atoms with Gasteiger partial charge in [0.1, 0.15) is 6.04 Å². The molecule has 1 N–H and O–H groups in total. The second-order valence-electron chi connectivity index (χ2n) is 8.44. The number of aromatic amines is 1. The van der Waals surface area contributed by atoms with E-state index in [-0.39, 0.29) is 11.6 Å². The first-order chi connectivity index (χ1) is 14.5. The molecule has 1 saturated heterocycles. The van der Waals surface area contributed by atoms with E-state index in [4.69, 9.17) is 4.74 Å². The van der Waals surface area contributed by atoms with Crippen LogP contribution in [0.4, 0.5) is 0 Å². The highest BCUT2D eigenvalue weighted by Crippen LogP contribution is 2.31. The number of H-pyrrole nitrogens is 1. The van der Waals surface area contributed by atoms with Crippen molar-refractivity contribution in [1.82, 2.24) is 30.1 Å². The summed E-state index contributed by atoms with van der Waals surface area (Å²) in [7, 11) is 1.66. The van der Waals surface area contributed by atoms with Crippen molar-refractivity contribution >= 4 is 10.9 Å². The Kier molecular flexibility index (Phi) is 5.97. The molecular formula is C22H30N6O2. The van der Waals surface area contributed by atoms with Crippen LogP contribution in [0.25, 0.3) is 10.9 Å². The number of hydrogen-bond donors (Lipinski definition) is 1. The molecule has 2 aromatic heterocycles. The predicted molar refractivity (Wildman–Crippen MR) is 116 cm³/mol. The number of piperidine rings is 1. The van der Waals surface area contributed by atoms with Crippen LogP contribution in [0.1, 0.15) is 48.3 Å². The molecule has 1 fully saturated rings. The Morgan fingerprint density at radius 1 is 1.30 bits per heavy atom. The highest BCUT2D eigenvalue weighted by atomic mass is 16.5. The van der Waals surface area contributed by atoms with Crippen LogP contribution >= 0.6 is 0 Å². The standard InChI is InChI=1S/C22H30N6O2/c1-14-6-5-9-27(13-14)20(21-24-25-26-28(21)10-11-30-4)18-12-17-15(2)7-8-16(3)19(17)23-22(18)29/h7-8,12,14,20H,5-6,9-11,13H2,1-4H3,(H,23,29). The smallest absolute Gasteiger partial charge is 0.253 e. The third-order valence-electron chi connectivity index (χ3n) is 6.13. The molecule has 3 heterocycles. The summed E-state index contributed by atoms with van der Waals surface area (Å²) in [4.78, 5) is 18.8. The Morgan fingerprint density at radius 3 is 2.87 bits per heavy atom. The van der Waals surface area contributed by atoms with Gasteiger partial charge in [-0.05, 0) is 66.8 Å². The molecule has 1 aliphatic rings. The second kappa shape index (κ2) is 8.65. The minimum atomic E-state index is -0.298. The van der Waals surface area contributed by atoms with Crippen LogP contribution in [-0.4, -0.2) is 56.9 Å². The number of rotatable bonds is 6. The van der Waals surface area contributed by atoms with E-state index in [1.807, 2.05) is 19.1 Å². The van der Waals surface area contributed by atoms with Gasteiger partial charge in [-0.15, -0.1) is 5.10 Å².